The van der Waals surface area contributed by atoms with E-state index >= 15 is 0 Å². The largest absolute Gasteiger partial charge is 0.452 e. The topological polar surface area (TPSA) is 74.6 Å². The molecule has 5 nitrogen and oxygen atoms in total. The normalized spacial score (nSPS) is 23.9. The molecule has 2 aromatic rings. The predicted molar refractivity (Wildman–Crippen MR) is 102 cm³/mol. The number of ether oxygens (including phenoxy) is 1. The molecule has 8 heteroatoms. The maximum atomic E-state index is 14.0. The highest BCUT2D eigenvalue weighted by atomic mass is 19.4. The molecule has 0 fully saturated rings. The third-order valence-electron chi connectivity index (χ3n) is 5.13. The van der Waals surface area contributed by atoms with Crippen LogP contribution in [0.25, 0.3) is 0 Å². The zero-order valence-corrected chi connectivity index (χ0v) is 15.4. The van der Waals surface area contributed by atoms with Gasteiger partial charge < -0.3 is 10.5 Å². The molecule has 0 bridgehead atoms. The van der Waals surface area contributed by atoms with Gasteiger partial charge in [-0.25, -0.2) is 5.01 Å². The quantitative estimate of drug-likeness (QED) is 0.823. The van der Waals surface area contributed by atoms with E-state index in [4.69, 9.17) is 10.5 Å². The molecule has 0 radical (unpaired) electrons. The Morgan fingerprint density at radius 2 is 1.76 bits per heavy atom. The Balaban J connectivity index is 1.90. The van der Waals surface area contributed by atoms with Gasteiger partial charge in [-0.15, -0.1) is 0 Å². The standard InChI is InChI=1S/C21H17F3N4O/c1-12-7-9-13(10-8-12)16-15(11-25)19(26)29-20-17(16)18(21(22,23)24)27-28(20)14-5-3-2-4-6-14/h2-10,16-17,20H,26H2,1H3/t16-,17+,20+/m1/s1. The van der Waals surface area contributed by atoms with E-state index in [0.717, 1.165) is 5.56 Å². The van der Waals surface area contributed by atoms with Gasteiger partial charge in [0.05, 0.1) is 17.2 Å². The van der Waals surface area contributed by atoms with E-state index in [1.54, 1.807) is 54.6 Å². The second-order valence-electron chi connectivity index (χ2n) is 6.98. The molecule has 148 valence electrons. The smallest absolute Gasteiger partial charge is 0.431 e. The molecule has 2 heterocycles. The summed E-state index contributed by atoms with van der Waals surface area (Å²) in [6, 6.07) is 17.4. The first kappa shape index (κ1) is 18.9. The zero-order valence-electron chi connectivity index (χ0n) is 15.4. The molecule has 29 heavy (non-hydrogen) atoms. The van der Waals surface area contributed by atoms with Crippen LogP contribution < -0.4 is 10.7 Å². The van der Waals surface area contributed by atoms with Gasteiger partial charge in [-0.1, -0.05) is 48.0 Å². The molecule has 0 saturated heterocycles. The molecular formula is C21H17F3N4O. The maximum absolute atomic E-state index is 14.0. The van der Waals surface area contributed by atoms with E-state index in [2.05, 4.69) is 5.10 Å². The van der Waals surface area contributed by atoms with Crippen molar-refractivity contribution in [3.63, 3.8) is 0 Å². The Hall–Kier alpha value is -3.47. The summed E-state index contributed by atoms with van der Waals surface area (Å²) in [4.78, 5) is 0. The minimum absolute atomic E-state index is 0.0260. The van der Waals surface area contributed by atoms with Crippen LogP contribution in [0.15, 0.2) is 71.2 Å². The summed E-state index contributed by atoms with van der Waals surface area (Å²) in [5.41, 5.74) is 6.91. The van der Waals surface area contributed by atoms with Gasteiger partial charge in [0.25, 0.3) is 0 Å². The van der Waals surface area contributed by atoms with E-state index < -0.39 is 30.0 Å². The van der Waals surface area contributed by atoms with Crippen molar-refractivity contribution in [3.05, 3.63) is 77.2 Å². The maximum Gasteiger partial charge on any atom is 0.431 e. The number of aryl methyl sites for hydroxylation is 1. The average Bonchev–Trinajstić information content (AvgIpc) is 3.08. The van der Waals surface area contributed by atoms with Crippen LogP contribution in [-0.4, -0.2) is 18.1 Å². The number of alkyl halides is 3. The second kappa shape index (κ2) is 6.85. The van der Waals surface area contributed by atoms with E-state index in [9.17, 15) is 18.4 Å². The van der Waals surface area contributed by atoms with Crippen LogP contribution in [-0.2, 0) is 4.74 Å². The van der Waals surface area contributed by atoms with E-state index in [1.807, 2.05) is 13.0 Å². The van der Waals surface area contributed by atoms with Crippen LogP contribution in [0.5, 0.6) is 0 Å². The van der Waals surface area contributed by atoms with E-state index in [-0.39, 0.29) is 11.5 Å². The van der Waals surface area contributed by atoms with Crippen LogP contribution in [0.1, 0.15) is 17.0 Å². The average molecular weight is 398 g/mol. The van der Waals surface area contributed by atoms with Crippen molar-refractivity contribution in [2.45, 2.75) is 25.2 Å². The van der Waals surface area contributed by atoms with Crippen molar-refractivity contribution in [1.82, 2.24) is 0 Å². The third-order valence-corrected chi connectivity index (χ3v) is 5.13. The molecule has 2 aliphatic heterocycles. The highest BCUT2D eigenvalue weighted by molar-refractivity contribution is 5.96. The van der Waals surface area contributed by atoms with Crippen molar-refractivity contribution in [1.29, 1.82) is 5.26 Å². The zero-order chi connectivity index (χ0) is 20.8. The number of rotatable bonds is 2. The fourth-order valence-electron chi connectivity index (χ4n) is 3.80. The fourth-order valence-corrected chi connectivity index (χ4v) is 3.80. The number of nitrogens with zero attached hydrogens (tertiary/aromatic N) is 3. The number of anilines is 1. The van der Waals surface area contributed by atoms with E-state index in [1.165, 1.54) is 5.01 Å². The third kappa shape index (κ3) is 3.18. The first-order chi connectivity index (χ1) is 13.8. The summed E-state index contributed by atoms with van der Waals surface area (Å²) >= 11 is 0. The van der Waals surface area contributed by atoms with Gasteiger partial charge in [-0.2, -0.15) is 23.5 Å². The molecule has 0 aromatic heterocycles. The van der Waals surface area contributed by atoms with Crippen LogP contribution >= 0.6 is 0 Å². The van der Waals surface area contributed by atoms with Gasteiger partial charge >= 0.3 is 6.18 Å². The first-order valence-corrected chi connectivity index (χ1v) is 8.94. The molecule has 0 saturated carbocycles. The van der Waals surface area contributed by atoms with Gasteiger partial charge in [0.15, 0.2) is 5.71 Å². The first-order valence-electron chi connectivity index (χ1n) is 8.94. The Bertz CT molecular complexity index is 1020. The number of halogens is 3. The SMILES string of the molecule is Cc1ccc([C@@H]2C(C#N)=C(N)O[C@H]3[C@@H]2C(C(F)(F)F)=NN3c2ccccc2)cc1. The number of para-hydroxylation sites is 1. The van der Waals surface area contributed by atoms with Gasteiger partial charge in [0.1, 0.15) is 6.07 Å². The van der Waals surface area contributed by atoms with Gasteiger partial charge in [-0.05, 0) is 24.6 Å². The van der Waals surface area contributed by atoms with Gasteiger partial charge in [0, 0.05) is 5.92 Å². The fraction of sp³-hybridized carbons (Fsp3) is 0.238. The summed E-state index contributed by atoms with van der Waals surface area (Å²) in [7, 11) is 0. The summed E-state index contributed by atoms with van der Waals surface area (Å²) in [5.74, 6) is -2.34. The number of allylic oxidation sites excluding steroid dienone is 1. The Morgan fingerprint density at radius 3 is 2.34 bits per heavy atom. The number of benzene rings is 2. The van der Waals surface area contributed by atoms with Gasteiger partial charge in [-0.3, -0.25) is 0 Å². The van der Waals surface area contributed by atoms with Crippen molar-refractivity contribution in [3.8, 4) is 6.07 Å². The Kier molecular flexibility index (Phi) is 4.46. The van der Waals surface area contributed by atoms with Crippen molar-refractivity contribution in [2.75, 3.05) is 5.01 Å². The van der Waals surface area contributed by atoms with Crippen LogP contribution in [0, 0.1) is 24.2 Å². The number of hydrazone groups is 1. The van der Waals surface area contributed by atoms with Crippen molar-refractivity contribution >= 4 is 11.4 Å². The molecule has 2 aliphatic rings. The highest BCUT2D eigenvalue weighted by Gasteiger charge is 2.57. The Labute approximate surface area is 165 Å². The molecule has 0 amide bonds. The molecule has 0 unspecified atom stereocenters. The van der Waals surface area contributed by atoms with Crippen LogP contribution in [0.3, 0.4) is 0 Å². The van der Waals surface area contributed by atoms with Crippen LogP contribution in [0.2, 0.25) is 0 Å². The van der Waals surface area contributed by atoms with Crippen LogP contribution in [0.4, 0.5) is 18.9 Å². The number of hydrogen-bond donors (Lipinski definition) is 1. The van der Waals surface area contributed by atoms with Gasteiger partial charge in [0.2, 0.25) is 12.1 Å². The summed E-state index contributed by atoms with van der Waals surface area (Å²) in [5, 5.41) is 14.7. The second-order valence-corrected chi connectivity index (χ2v) is 6.98. The molecule has 2 N–H and O–H groups in total. The predicted octanol–water partition coefficient (Wildman–Crippen LogP) is 4.18. The lowest BCUT2D eigenvalue weighted by atomic mass is 9.76. The summed E-state index contributed by atoms with van der Waals surface area (Å²) < 4.78 is 47.5. The number of nitriles is 1. The molecule has 0 spiro atoms. The number of hydrogen-bond acceptors (Lipinski definition) is 5. The minimum Gasteiger partial charge on any atom is -0.452 e. The number of fused-ring (bicyclic) bond motifs is 1. The summed E-state index contributed by atoms with van der Waals surface area (Å²) in [6.45, 7) is 1.88. The lowest BCUT2D eigenvalue weighted by Gasteiger charge is -2.37. The molecule has 4 rings (SSSR count). The summed E-state index contributed by atoms with van der Waals surface area (Å²) in [6.07, 6.45) is -5.80. The molecule has 0 aliphatic carbocycles. The molecule has 3 atom stereocenters. The lowest BCUT2D eigenvalue weighted by molar-refractivity contribution is -0.0658. The van der Waals surface area contributed by atoms with Crippen molar-refractivity contribution in [2.24, 2.45) is 16.8 Å². The monoisotopic (exact) mass is 398 g/mol. The minimum atomic E-state index is -4.69. The lowest BCUT2D eigenvalue weighted by Crippen LogP contribution is -2.46. The number of nitrogens with two attached hydrogens (primary N) is 1. The highest BCUT2D eigenvalue weighted by Crippen LogP contribution is 2.48. The molecule has 2 aromatic carbocycles. The van der Waals surface area contributed by atoms with E-state index in [0.29, 0.717) is 11.3 Å². The van der Waals surface area contributed by atoms with Crippen molar-refractivity contribution < 1.29 is 17.9 Å². The molecular weight excluding hydrogens is 381 g/mol. The Morgan fingerprint density at radius 1 is 1.10 bits per heavy atom.